The number of hydrogen-bond acceptors (Lipinski definition) is 1. The molecule has 0 bridgehead atoms. The van der Waals surface area contributed by atoms with Crippen LogP contribution in [0.25, 0.3) is 0 Å². The maximum Gasteiger partial charge on any atom is 0.203 e. The summed E-state index contributed by atoms with van der Waals surface area (Å²) in [6.45, 7) is 0. The van der Waals surface area contributed by atoms with Crippen LogP contribution < -0.4 is 0 Å². The van der Waals surface area contributed by atoms with E-state index in [9.17, 15) is 26.7 Å². The van der Waals surface area contributed by atoms with Crippen molar-refractivity contribution in [2.45, 2.75) is 6.42 Å². The minimum Gasteiger partial charge on any atom is -0.291 e. The van der Waals surface area contributed by atoms with Crippen molar-refractivity contribution >= 4 is 6.29 Å². The predicted octanol–water partition coefficient (Wildman–Crippen LogP) is 2.03. The third-order valence-electron chi connectivity index (χ3n) is 1.55. The molecule has 75 valence electrons. The van der Waals surface area contributed by atoms with Crippen molar-refractivity contribution < 1.29 is 26.7 Å². The van der Waals surface area contributed by atoms with E-state index in [1.54, 1.807) is 0 Å². The van der Waals surface area contributed by atoms with E-state index in [1.165, 1.54) is 0 Å². The predicted molar refractivity (Wildman–Crippen MR) is 35.6 cm³/mol. The second-order valence-corrected chi connectivity index (χ2v) is 2.37. The van der Waals surface area contributed by atoms with E-state index in [1.807, 2.05) is 0 Å². The van der Waals surface area contributed by atoms with E-state index in [0.29, 0.717) is 0 Å². The molecule has 1 aromatic rings. The first-order valence-corrected chi connectivity index (χ1v) is 3.36. The molecule has 0 atom stereocenters. The largest absolute Gasteiger partial charge is 0.291 e. The lowest BCUT2D eigenvalue weighted by molar-refractivity contribution is 0.371. The third-order valence-corrected chi connectivity index (χ3v) is 1.55. The molecule has 6 heteroatoms. The summed E-state index contributed by atoms with van der Waals surface area (Å²) in [4.78, 5) is 9.79. The molecule has 0 aliphatic heterocycles. The molecule has 1 nitrogen and oxygen atoms in total. The Morgan fingerprint density at radius 1 is 0.786 bits per heavy atom. The van der Waals surface area contributed by atoms with Gasteiger partial charge in [-0.05, 0) is 0 Å². The summed E-state index contributed by atoms with van der Waals surface area (Å²) in [6.07, 6.45) is 0.0734. The van der Waals surface area contributed by atoms with Gasteiger partial charge in [-0.3, -0.25) is 4.79 Å². The van der Waals surface area contributed by atoms with Crippen molar-refractivity contribution in [1.82, 2.24) is 0 Å². The number of halogens is 5. The molecular weight excluding hydrogens is 207 g/mol. The Morgan fingerprint density at radius 3 is 1.50 bits per heavy atom. The van der Waals surface area contributed by atoms with Crippen molar-refractivity contribution in [3.63, 3.8) is 0 Å². The number of carbonyl (C=O) groups excluding carboxylic acids is 1. The van der Waals surface area contributed by atoms with E-state index >= 15 is 0 Å². The first-order chi connectivity index (χ1) is 6.50. The minimum atomic E-state index is -2.24. The number of hydrogen-bond donors (Lipinski definition) is 0. The van der Waals surface area contributed by atoms with E-state index in [-0.39, 0.29) is 0 Å². The molecule has 0 fully saturated rings. The van der Waals surface area contributed by atoms with Crippen LogP contribution in [0, 0.1) is 29.1 Å². The van der Waals surface area contributed by atoms with Gasteiger partial charge in [0, 0.05) is 12.0 Å². The summed E-state index contributed by atoms with van der Waals surface area (Å²) in [5.74, 6) is -10.4. The fraction of sp³-hybridized carbons (Fsp3) is 0.125. The summed E-state index contributed by atoms with van der Waals surface area (Å²) < 4.78 is 62.7. The van der Waals surface area contributed by atoms with Gasteiger partial charge in [0.2, 0.25) is 12.1 Å². The highest BCUT2D eigenvalue weighted by Crippen LogP contribution is 2.22. The van der Waals surface area contributed by atoms with Gasteiger partial charge in [-0.15, -0.1) is 0 Å². The van der Waals surface area contributed by atoms with Crippen molar-refractivity contribution in [1.29, 1.82) is 0 Å². The Labute approximate surface area is 75.2 Å². The number of rotatable bonds is 2. The first kappa shape index (κ1) is 10.6. The smallest absolute Gasteiger partial charge is 0.203 e. The molecule has 0 N–H and O–H groups in total. The molecular formula is C8H2F5O. The average Bonchev–Trinajstić information content (AvgIpc) is 2.19. The first-order valence-electron chi connectivity index (χ1n) is 3.36. The fourth-order valence-electron chi connectivity index (χ4n) is 0.878. The van der Waals surface area contributed by atoms with Crippen molar-refractivity contribution in [2.75, 3.05) is 0 Å². The zero-order valence-corrected chi connectivity index (χ0v) is 6.51. The van der Waals surface area contributed by atoms with Crippen LogP contribution in [-0.4, -0.2) is 6.29 Å². The molecule has 0 heterocycles. The molecule has 0 aliphatic carbocycles. The highest BCUT2D eigenvalue weighted by atomic mass is 19.2. The lowest BCUT2D eigenvalue weighted by Gasteiger charge is -2.04. The summed E-state index contributed by atoms with van der Waals surface area (Å²) in [5.41, 5.74) is -1.17. The molecule has 0 spiro atoms. The topological polar surface area (TPSA) is 17.1 Å². The summed E-state index contributed by atoms with van der Waals surface area (Å²) >= 11 is 0. The van der Waals surface area contributed by atoms with E-state index in [2.05, 4.69) is 0 Å². The van der Waals surface area contributed by atoms with Crippen LogP contribution in [-0.2, 0) is 11.2 Å². The summed E-state index contributed by atoms with van der Waals surface area (Å²) in [7, 11) is 0. The van der Waals surface area contributed by atoms with Gasteiger partial charge in [-0.1, -0.05) is 0 Å². The van der Waals surface area contributed by atoms with Gasteiger partial charge in [-0.2, -0.15) is 0 Å². The van der Waals surface area contributed by atoms with E-state index < -0.39 is 41.1 Å². The van der Waals surface area contributed by atoms with Crippen LogP contribution in [0.2, 0.25) is 0 Å². The molecule has 1 rings (SSSR count). The minimum absolute atomic E-state index is 0.980. The molecule has 1 radical (unpaired) electrons. The van der Waals surface area contributed by atoms with E-state index in [0.717, 1.165) is 6.29 Å². The SMILES string of the molecule is O=[C]Cc1c(F)c(F)c(F)c(F)c1F. The monoisotopic (exact) mass is 209 g/mol. The molecule has 0 amide bonds. The maximum absolute atomic E-state index is 12.7. The van der Waals surface area contributed by atoms with Crippen LogP contribution in [0.4, 0.5) is 22.0 Å². The molecule has 1 aromatic carbocycles. The lowest BCUT2D eigenvalue weighted by atomic mass is 10.1. The van der Waals surface area contributed by atoms with Gasteiger partial charge < -0.3 is 0 Å². The normalized spacial score (nSPS) is 10.4. The number of benzene rings is 1. The molecule has 0 saturated heterocycles. The highest BCUT2D eigenvalue weighted by Gasteiger charge is 2.25. The molecule has 0 unspecified atom stereocenters. The Bertz CT molecular complexity index is 359. The zero-order chi connectivity index (χ0) is 10.9. The van der Waals surface area contributed by atoms with Gasteiger partial charge in [0.25, 0.3) is 0 Å². The van der Waals surface area contributed by atoms with Gasteiger partial charge >= 0.3 is 0 Å². The van der Waals surface area contributed by atoms with Gasteiger partial charge in [0.1, 0.15) is 0 Å². The summed E-state index contributed by atoms with van der Waals surface area (Å²) in [5, 5.41) is 0. The molecule has 0 saturated carbocycles. The Kier molecular flexibility index (Phi) is 2.83. The van der Waals surface area contributed by atoms with Crippen molar-refractivity contribution in [3.05, 3.63) is 34.6 Å². The molecule has 0 aliphatic rings. The van der Waals surface area contributed by atoms with Crippen LogP contribution in [0.5, 0.6) is 0 Å². The van der Waals surface area contributed by atoms with E-state index in [4.69, 9.17) is 0 Å². The van der Waals surface area contributed by atoms with Crippen LogP contribution >= 0.6 is 0 Å². The van der Waals surface area contributed by atoms with Crippen LogP contribution in [0.3, 0.4) is 0 Å². The maximum atomic E-state index is 12.7. The van der Waals surface area contributed by atoms with Crippen LogP contribution in [0.15, 0.2) is 0 Å². The Balaban J connectivity index is 3.50. The second-order valence-electron chi connectivity index (χ2n) is 2.37. The summed E-state index contributed by atoms with van der Waals surface area (Å²) in [6, 6.07) is 0. The molecule has 0 aromatic heterocycles. The van der Waals surface area contributed by atoms with Crippen molar-refractivity contribution in [2.24, 2.45) is 0 Å². The van der Waals surface area contributed by atoms with Gasteiger partial charge in [0.05, 0.1) is 0 Å². The highest BCUT2D eigenvalue weighted by molar-refractivity contribution is 5.56. The molecule has 14 heavy (non-hydrogen) atoms. The average molecular weight is 209 g/mol. The second kappa shape index (κ2) is 3.73. The standard InChI is InChI=1S/C8H2F5O/c9-4-3(1-2-14)5(10)7(12)8(13)6(4)11/h1H2. The fourth-order valence-corrected chi connectivity index (χ4v) is 0.878. The van der Waals surface area contributed by atoms with Gasteiger partial charge in [-0.25, -0.2) is 22.0 Å². The van der Waals surface area contributed by atoms with Crippen molar-refractivity contribution in [3.8, 4) is 0 Å². The van der Waals surface area contributed by atoms with Gasteiger partial charge in [0.15, 0.2) is 23.3 Å². The zero-order valence-electron chi connectivity index (χ0n) is 6.51. The quantitative estimate of drug-likeness (QED) is 0.413. The Hall–Kier alpha value is -1.46. The Morgan fingerprint density at radius 2 is 1.14 bits per heavy atom. The lowest BCUT2D eigenvalue weighted by Crippen LogP contribution is -2.07. The van der Waals surface area contributed by atoms with Crippen LogP contribution in [0.1, 0.15) is 5.56 Å². The third kappa shape index (κ3) is 1.47.